The van der Waals surface area contributed by atoms with Crippen LogP contribution in [0.1, 0.15) is 45.2 Å². The minimum absolute atomic E-state index is 0.0195. The number of esters is 4. The van der Waals surface area contributed by atoms with Gasteiger partial charge in [0, 0.05) is 35.6 Å². The van der Waals surface area contributed by atoms with E-state index in [1.807, 2.05) is 0 Å². The van der Waals surface area contributed by atoms with Crippen molar-refractivity contribution in [3.8, 4) is 17.2 Å². The molecule has 4 aromatic rings. The highest BCUT2D eigenvalue weighted by Gasteiger charge is 2.40. The van der Waals surface area contributed by atoms with E-state index in [0.717, 1.165) is 0 Å². The summed E-state index contributed by atoms with van der Waals surface area (Å²) < 4.78 is 37.6. The van der Waals surface area contributed by atoms with E-state index in [1.54, 1.807) is 6.07 Å². The van der Waals surface area contributed by atoms with Crippen molar-refractivity contribution in [2.75, 3.05) is 13.2 Å². The lowest BCUT2D eigenvalue weighted by molar-refractivity contribution is -0.140. The molecule has 4 bridgehead atoms. The molecule has 37 heavy (non-hydrogen) atoms. The Morgan fingerprint density at radius 3 is 2.46 bits per heavy atom. The second-order valence-corrected chi connectivity index (χ2v) is 8.69. The summed E-state index contributed by atoms with van der Waals surface area (Å²) in [5, 5.41) is 0. The number of hydrogen-bond donors (Lipinski definition) is 0. The van der Waals surface area contributed by atoms with Gasteiger partial charge >= 0.3 is 23.9 Å². The second kappa shape index (κ2) is 8.12. The van der Waals surface area contributed by atoms with Crippen LogP contribution in [0.3, 0.4) is 0 Å². The third-order valence-corrected chi connectivity index (χ3v) is 6.09. The van der Waals surface area contributed by atoms with Gasteiger partial charge in [0.15, 0.2) is 22.5 Å². The summed E-state index contributed by atoms with van der Waals surface area (Å²) >= 11 is 0. The smallest absolute Gasteiger partial charge is 0.348 e. The van der Waals surface area contributed by atoms with Gasteiger partial charge in [-0.3, -0.25) is 0 Å². The van der Waals surface area contributed by atoms with Crippen LogP contribution >= 0.6 is 0 Å². The number of fused-ring (bicyclic) bond motifs is 2. The average molecular weight is 506 g/mol. The monoisotopic (exact) mass is 506 g/mol. The van der Waals surface area contributed by atoms with E-state index in [-0.39, 0.29) is 60.0 Å². The van der Waals surface area contributed by atoms with Crippen LogP contribution in [0.25, 0.3) is 22.3 Å². The van der Waals surface area contributed by atoms with E-state index in [9.17, 15) is 19.2 Å². The number of rotatable bonds is 11. The van der Waals surface area contributed by atoms with E-state index < -0.39 is 23.9 Å². The first-order chi connectivity index (χ1) is 17.7. The number of furan rings is 4. The Labute approximate surface area is 207 Å². The zero-order chi connectivity index (χ0) is 26.0. The predicted octanol–water partition coefficient (Wildman–Crippen LogP) is 3.85. The maximum Gasteiger partial charge on any atom is 0.348 e. The van der Waals surface area contributed by atoms with Crippen molar-refractivity contribution in [2.24, 2.45) is 0 Å². The Hall–Kier alpha value is -4.80. The van der Waals surface area contributed by atoms with Crippen molar-refractivity contribution in [1.29, 1.82) is 0 Å². The molecule has 188 valence electrons. The molecule has 2 aliphatic rings. The molecular weight excluding hydrogens is 488 g/mol. The molecule has 0 amide bonds. The Morgan fingerprint density at radius 2 is 1.68 bits per heavy atom. The first-order valence-electron chi connectivity index (χ1n) is 11.3. The maximum atomic E-state index is 12.5. The molecule has 11 heteroatoms. The fourth-order valence-electron chi connectivity index (χ4n) is 4.34. The first kappa shape index (κ1) is 22.7. The molecule has 0 saturated carbocycles. The molecule has 4 aromatic heterocycles. The third kappa shape index (κ3) is 3.42. The van der Waals surface area contributed by atoms with Crippen LogP contribution < -0.4 is 14.2 Å². The van der Waals surface area contributed by atoms with E-state index in [1.165, 1.54) is 6.92 Å². The molecule has 0 aromatic carbocycles. The molecule has 0 spiro atoms. The molecule has 0 saturated heterocycles. The highest BCUT2D eigenvalue weighted by Crippen LogP contribution is 2.49. The molecule has 0 radical (unpaired) electrons. The Morgan fingerprint density at radius 1 is 0.892 bits per heavy atom. The van der Waals surface area contributed by atoms with Gasteiger partial charge in [-0.15, -0.1) is 0 Å². The molecule has 0 aliphatic carbocycles. The van der Waals surface area contributed by atoms with Crippen LogP contribution in [0.2, 0.25) is 0 Å². The molecule has 0 N–H and O–H groups in total. The quantitative estimate of drug-likeness (QED) is 0.166. The third-order valence-electron chi connectivity index (χ3n) is 6.09. The van der Waals surface area contributed by atoms with Crippen LogP contribution in [-0.2, 0) is 32.1 Å². The highest BCUT2D eigenvalue weighted by molar-refractivity contribution is 6.12. The fraction of sp³-hybridized carbons (Fsp3) is 0.231. The molecule has 0 fully saturated rings. The Kier molecular flexibility index (Phi) is 4.97. The lowest BCUT2D eigenvalue weighted by Gasteiger charge is -2.09. The largest absolute Gasteiger partial charge is 0.486 e. The topological polar surface area (TPSA) is 141 Å². The predicted molar refractivity (Wildman–Crippen MR) is 123 cm³/mol. The van der Waals surface area contributed by atoms with Gasteiger partial charge in [-0.25, -0.2) is 19.2 Å². The van der Waals surface area contributed by atoms with E-state index in [4.69, 9.17) is 32.5 Å². The van der Waals surface area contributed by atoms with Crippen LogP contribution in [-0.4, -0.2) is 37.1 Å². The van der Waals surface area contributed by atoms with E-state index >= 15 is 0 Å². The lowest BCUT2D eigenvalue weighted by atomic mass is 9.99. The van der Waals surface area contributed by atoms with Gasteiger partial charge in [0.2, 0.25) is 11.5 Å². The summed E-state index contributed by atoms with van der Waals surface area (Å²) in [6.45, 7) is 8.87. The van der Waals surface area contributed by atoms with E-state index in [2.05, 4.69) is 13.2 Å². The van der Waals surface area contributed by atoms with Crippen molar-refractivity contribution in [3.05, 3.63) is 52.6 Å². The highest BCUT2D eigenvalue weighted by atomic mass is 16.6. The molecule has 2 aliphatic heterocycles. The average Bonchev–Trinajstić information content (AvgIpc) is 3.66. The van der Waals surface area contributed by atoms with Gasteiger partial charge in [0.05, 0.1) is 18.8 Å². The Bertz CT molecular complexity index is 1650. The van der Waals surface area contributed by atoms with Gasteiger partial charge in [-0.05, 0) is 6.92 Å². The van der Waals surface area contributed by atoms with Gasteiger partial charge in [-0.2, -0.15) is 0 Å². The van der Waals surface area contributed by atoms with Crippen molar-refractivity contribution in [3.63, 3.8) is 0 Å². The molecular formula is C26H18O11. The summed E-state index contributed by atoms with van der Waals surface area (Å²) in [5.41, 5.74) is 3.11. The van der Waals surface area contributed by atoms with Crippen LogP contribution in [0.4, 0.5) is 0 Å². The number of hydrogen-bond acceptors (Lipinski definition) is 11. The lowest BCUT2D eigenvalue weighted by Crippen LogP contribution is -2.13. The SMILES string of the molecule is C=C(C)C(=O)OCc1c2c3oc1c(CC(=C)C(=O)OCCCOc1c4c5oc1cc5C(=O)O4)c3C(=O)O2. The number of benzene rings is 2. The van der Waals surface area contributed by atoms with Gasteiger partial charge in [0.1, 0.15) is 23.3 Å². The molecule has 0 atom stereocenters. The zero-order valence-corrected chi connectivity index (χ0v) is 19.5. The summed E-state index contributed by atoms with van der Waals surface area (Å²) in [7, 11) is 0. The molecule has 6 heterocycles. The number of carbonyl (C=O) groups is 4. The van der Waals surface area contributed by atoms with E-state index in [0.29, 0.717) is 45.6 Å². The Balaban J connectivity index is 1.04. The van der Waals surface area contributed by atoms with Crippen LogP contribution in [0.5, 0.6) is 17.2 Å². The summed E-state index contributed by atoms with van der Waals surface area (Å²) in [5.74, 6) is -1.50. The minimum atomic E-state index is -0.653. The number of ether oxygens (including phenoxy) is 5. The van der Waals surface area contributed by atoms with Crippen molar-refractivity contribution < 1.29 is 51.7 Å². The van der Waals surface area contributed by atoms with Gasteiger partial charge in [0.25, 0.3) is 0 Å². The minimum Gasteiger partial charge on any atom is -0.486 e. The first-order valence-corrected chi connectivity index (χ1v) is 11.3. The normalized spacial score (nSPS) is 13.4. The summed E-state index contributed by atoms with van der Waals surface area (Å²) in [6, 6.07) is 1.56. The van der Waals surface area contributed by atoms with Crippen molar-refractivity contribution in [1.82, 2.24) is 0 Å². The standard InChI is InChI=1S/C26H18O11/c1-10(2)23(27)33-9-14-17-12(16-21(35-17)19(14)36-26(16)30)7-11(3)24(28)32-6-4-5-31-20-15-8-13-18(34-15)22(20)37-25(13)29/h8H,1,3-7,9H2,2H3. The summed E-state index contributed by atoms with van der Waals surface area (Å²) in [6.07, 6.45) is 0.334. The van der Waals surface area contributed by atoms with Crippen molar-refractivity contribution >= 4 is 46.2 Å². The van der Waals surface area contributed by atoms with Crippen LogP contribution in [0, 0.1) is 0 Å². The van der Waals surface area contributed by atoms with Gasteiger partial charge < -0.3 is 32.5 Å². The fourth-order valence-corrected chi connectivity index (χ4v) is 4.34. The van der Waals surface area contributed by atoms with Crippen molar-refractivity contribution in [2.45, 2.75) is 26.4 Å². The zero-order valence-electron chi connectivity index (χ0n) is 19.5. The summed E-state index contributed by atoms with van der Waals surface area (Å²) in [4.78, 5) is 48.3. The maximum absolute atomic E-state index is 12.5. The number of carbonyl (C=O) groups excluding carboxylic acids is 4. The van der Waals surface area contributed by atoms with Gasteiger partial charge in [-0.1, -0.05) is 13.2 Å². The van der Waals surface area contributed by atoms with Crippen LogP contribution in [0.15, 0.2) is 39.2 Å². The molecule has 6 rings (SSSR count). The molecule has 11 nitrogen and oxygen atoms in total. The second-order valence-electron chi connectivity index (χ2n) is 8.69. The molecule has 0 unspecified atom stereocenters.